The highest BCUT2D eigenvalue weighted by Crippen LogP contribution is 2.25. The van der Waals surface area contributed by atoms with Gasteiger partial charge in [0.25, 0.3) is 0 Å². The Hall–Kier alpha value is -3.04. The van der Waals surface area contributed by atoms with Crippen LogP contribution in [0.3, 0.4) is 0 Å². The molecule has 0 amide bonds. The van der Waals surface area contributed by atoms with E-state index in [4.69, 9.17) is 4.74 Å². The van der Waals surface area contributed by atoms with Crippen molar-refractivity contribution in [1.29, 1.82) is 5.26 Å². The van der Waals surface area contributed by atoms with E-state index in [1.165, 1.54) is 11.3 Å². The maximum absolute atomic E-state index is 12.7. The molecule has 0 fully saturated rings. The predicted octanol–water partition coefficient (Wildman–Crippen LogP) is 3.92. The van der Waals surface area contributed by atoms with E-state index < -0.39 is 5.92 Å². The summed E-state index contributed by atoms with van der Waals surface area (Å²) in [5, 5.41) is 11.8. The van der Waals surface area contributed by atoms with Crippen molar-refractivity contribution in [3.8, 4) is 11.8 Å². The number of thiazole rings is 1. The summed E-state index contributed by atoms with van der Waals surface area (Å²) in [6.07, 6.45) is 3.43. The molecule has 0 N–H and O–H groups in total. The SMILES string of the molecule is Cc1csc([C@@H](C#N)C(=O)c2cccc(OCc3cccnc3)c2)n1. The molecule has 0 spiro atoms. The topological polar surface area (TPSA) is 75.9 Å². The maximum Gasteiger partial charge on any atom is 0.187 e. The van der Waals surface area contributed by atoms with Crippen LogP contribution in [0.2, 0.25) is 0 Å². The van der Waals surface area contributed by atoms with Gasteiger partial charge in [0.15, 0.2) is 11.7 Å². The highest BCUT2D eigenvalue weighted by molar-refractivity contribution is 7.10. The quantitative estimate of drug-likeness (QED) is 0.631. The molecule has 2 aromatic heterocycles. The minimum absolute atomic E-state index is 0.274. The van der Waals surface area contributed by atoms with Gasteiger partial charge in [-0.15, -0.1) is 11.3 Å². The molecule has 124 valence electrons. The summed E-state index contributed by atoms with van der Waals surface area (Å²) in [7, 11) is 0. The molecular weight excluding hydrogens is 334 g/mol. The van der Waals surface area contributed by atoms with Gasteiger partial charge in [-0.3, -0.25) is 9.78 Å². The summed E-state index contributed by atoms with van der Waals surface area (Å²) in [4.78, 5) is 21.0. The van der Waals surface area contributed by atoms with Crippen molar-refractivity contribution >= 4 is 17.1 Å². The van der Waals surface area contributed by atoms with Crippen LogP contribution in [0.1, 0.15) is 32.5 Å². The number of hydrogen-bond acceptors (Lipinski definition) is 6. The summed E-state index contributed by atoms with van der Waals surface area (Å²) >= 11 is 1.32. The third-order valence-electron chi connectivity index (χ3n) is 3.52. The Morgan fingerprint density at radius 3 is 2.92 bits per heavy atom. The lowest BCUT2D eigenvalue weighted by Gasteiger charge is -2.09. The molecular formula is C19H15N3O2S. The first kappa shape index (κ1) is 16.8. The van der Waals surface area contributed by atoms with E-state index in [0.29, 0.717) is 22.9 Å². The maximum atomic E-state index is 12.7. The number of rotatable bonds is 6. The van der Waals surface area contributed by atoms with Crippen LogP contribution in [0.4, 0.5) is 0 Å². The van der Waals surface area contributed by atoms with E-state index in [2.05, 4.69) is 16.0 Å². The lowest BCUT2D eigenvalue weighted by Crippen LogP contribution is -2.11. The van der Waals surface area contributed by atoms with E-state index in [0.717, 1.165) is 11.3 Å². The van der Waals surface area contributed by atoms with Crippen molar-refractivity contribution in [2.75, 3.05) is 0 Å². The number of Topliss-reactive ketones (excluding diaryl/α,β-unsaturated/α-hetero) is 1. The van der Waals surface area contributed by atoms with Crippen LogP contribution >= 0.6 is 11.3 Å². The Balaban J connectivity index is 1.76. The molecule has 0 aliphatic carbocycles. The van der Waals surface area contributed by atoms with Crippen LogP contribution in [0.25, 0.3) is 0 Å². The summed E-state index contributed by atoms with van der Waals surface area (Å²) < 4.78 is 5.72. The molecule has 0 aliphatic heterocycles. The van der Waals surface area contributed by atoms with Crippen LogP contribution in [0.5, 0.6) is 5.75 Å². The van der Waals surface area contributed by atoms with Crippen LogP contribution < -0.4 is 4.74 Å². The third kappa shape index (κ3) is 4.08. The molecule has 1 aromatic carbocycles. The van der Waals surface area contributed by atoms with Crippen molar-refractivity contribution < 1.29 is 9.53 Å². The molecule has 0 aliphatic rings. The summed E-state index contributed by atoms with van der Waals surface area (Å²) in [6.45, 7) is 2.20. The fraction of sp³-hybridized carbons (Fsp3) is 0.158. The lowest BCUT2D eigenvalue weighted by molar-refractivity contribution is 0.0978. The van der Waals surface area contributed by atoms with E-state index in [9.17, 15) is 10.1 Å². The zero-order valence-electron chi connectivity index (χ0n) is 13.5. The standard InChI is InChI=1S/C19H15N3O2S/c1-13-12-25-19(22-13)17(9-20)18(23)15-5-2-6-16(8-15)24-11-14-4-3-7-21-10-14/h2-8,10,12,17H,11H2,1H3/t17-/m0/s1. The summed E-state index contributed by atoms with van der Waals surface area (Å²) in [5.74, 6) is -0.599. The molecule has 2 heterocycles. The van der Waals surface area contributed by atoms with Crippen molar-refractivity contribution in [3.63, 3.8) is 0 Å². The molecule has 0 radical (unpaired) electrons. The number of nitriles is 1. The first-order valence-electron chi connectivity index (χ1n) is 7.65. The van der Waals surface area contributed by atoms with Gasteiger partial charge in [0, 0.05) is 34.6 Å². The van der Waals surface area contributed by atoms with Gasteiger partial charge in [-0.25, -0.2) is 4.98 Å². The van der Waals surface area contributed by atoms with Gasteiger partial charge in [-0.05, 0) is 25.1 Å². The second-order valence-corrected chi connectivity index (χ2v) is 6.32. The summed E-state index contributed by atoms with van der Waals surface area (Å²) in [6, 6.07) is 12.7. The van der Waals surface area contributed by atoms with Gasteiger partial charge in [0.1, 0.15) is 17.4 Å². The number of nitrogens with zero attached hydrogens (tertiary/aromatic N) is 3. The minimum atomic E-state index is -0.896. The molecule has 5 nitrogen and oxygen atoms in total. The number of carbonyl (C=O) groups excluding carboxylic acids is 1. The van der Waals surface area contributed by atoms with E-state index in [-0.39, 0.29) is 5.78 Å². The van der Waals surface area contributed by atoms with Crippen LogP contribution in [-0.4, -0.2) is 15.8 Å². The van der Waals surface area contributed by atoms with Crippen LogP contribution in [-0.2, 0) is 6.61 Å². The van der Waals surface area contributed by atoms with Gasteiger partial charge >= 0.3 is 0 Å². The molecule has 25 heavy (non-hydrogen) atoms. The number of ketones is 1. The second-order valence-electron chi connectivity index (χ2n) is 5.43. The van der Waals surface area contributed by atoms with Crippen LogP contribution in [0.15, 0.2) is 54.2 Å². The second kappa shape index (κ2) is 7.69. The van der Waals surface area contributed by atoms with Crippen LogP contribution in [0, 0.1) is 18.3 Å². The number of aryl methyl sites for hydroxylation is 1. The van der Waals surface area contributed by atoms with Gasteiger partial charge in [-0.1, -0.05) is 18.2 Å². The summed E-state index contributed by atoms with van der Waals surface area (Å²) in [5.41, 5.74) is 2.18. The molecule has 0 saturated carbocycles. The molecule has 0 saturated heterocycles. The Morgan fingerprint density at radius 2 is 2.24 bits per heavy atom. The molecule has 6 heteroatoms. The van der Waals surface area contributed by atoms with Gasteiger partial charge in [0.05, 0.1) is 6.07 Å². The number of benzene rings is 1. The highest BCUT2D eigenvalue weighted by atomic mass is 32.1. The first-order valence-corrected chi connectivity index (χ1v) is 8.53. The largest absolute Gasteiger partial charge is 0.489 e. The zero-order valence-corrected chi connectivity index (χ0v) is 14.4. The average Bonchev–Trinajstić information content (AvgIpc) is 3.07. The lowest BCUT2D eigenvalue weighted by atomic mass is 9.99. The molecule has 0 bridgehead atoms. The average molecular weight is 349 g/mol. The number of hydrogen-bond donors (Lipinski definition) is 0. The molecule has 0 unspecified atom stereocenters. The minimum Gasteiger partial charge on any atom is -0.489 e. The molecule has 3 rings (SSSR count). The number of carbonyl (C=O) groups is 1. The van der Waals surface area contributed by atoms with E-state index in [1.54, 1.807) is 36.7 Å². The Kier molecular flexibility index (Phi) is 5.17. The fourth-order valence-electron chi connectivity index (χ4n) is 2.29. The van der Waals surface area contributed by atoms with E-state index in [1.807, 2.05) is 24.4 Å². The van der Waals surface area contributed by atoms with Gasteiger partial charge < -0.3 is 4.74 Å². The first-order chi connectivity index (χ1) is 12.2. The van der Waals surface area contributed by atoms with Crippen molar-refractivity contribution in [1.82, 2.24) is 9.97 Å². The predicted molar refractivity (Wildman–Crippen MR) is 94.5 cm³/mol. The number of ether oxygens (including phenoxy) is 1. The Bertz CT molecular complexity index is 916. The smallest absolute Gasteiger partial charge is 0.187 e. The van der Waals surface area contributed by atoms with Gasteiger partial charge in [-0.2, -0.15) is 5.26 Å². The molecule has 1 atom stereocenters. The van der Waals surface area contributed by atoms with Crippen molar-refractivity contribution in [3.05, 3.63) is 76.0 Å². The third-order valence-corrected chi connectivity index (χ3v) is 4.55. The fourth-order valence-corrected chi connectivity index (χ4v) is 3.12. The normalized spacial score (nSPS) is 11.5. The van der Waals surface area contributed by atoms with Gasteiger partial charge in [0.2, 0.25) is 0 Å². The zero-order chi connectivity index (χ0) is 17.6. The molecule has 3 aromatic rings. The van der Waals surface area contributed by atoms with Crippen molar-refractivity contribution in [2.24, 2.45) is 0 Å². The number of pyridine rings is 1. The van der Waals surface area contributed by atoms with Crippen molar-refractivity contribution in [2.45, 2.75) is 19.4 Å². The number of aromatic nitrogens is 2. The monoisotopic (exact) mass is 349 g/mol. The Morgan fingerprint density at radius 1 is 1.36 bits per heavy atom. The highest BCUT2D eigenvalue weighted by Gasteiger charge is 2.24. The Labute approximate surface area is 149 Å². The van der Waals surface area contributed by atoms with E-state index >= 15 is 0 Å².